The molecule has 2 N–H and O–H groups in total. The number of ether oxygens (including phenoxy) is 2. The second-order valence-corrected chi connectivity index (χ2v) is 5.94. The lowest BCUT2D eigenvalue weighted by atomic mass is 10.2. The summed E-state index contributed by atoms with van der Waals surface area (Å²) in [5.74, 6) is -0.759. The number of nitrogens with zero attached hydrogens (tertiary/aromatic N) is 2. The number of carbonyl (C=O) groups excluding carboxylic acids is 2. The summed E-state index contributed by atoms with van der Waals surface area (Å²) in [6.07, 6.45) is -1.98. The minimum atomic E-state index is -0.909. The van der Waals surface area contributed by atoms with Crippen molar-refractivity contribution in [1.29, 1.82) is 0 Å². The van der Waals surface area contributed by atoms with Crippen molar-refractivity contribution >= 4 is 23.4 Å². The highest BCUT2D eigenvalue weighted by Gasteiger charge is 2.33. The van der Waals surface area contributed by atoms with Crippen LogP contribution in [0.4, 0.5) is 20.6 Å². The highest BCUT2D eigenvalue weighted by atomic mass is 19.1. The lowest BCUT2D eigenvalue weighted by molar-refractivity contribution is -0.119. The average molecular weight is 353 g/mol. The molecular formula is C16H20FN3O5. The molecule has 136 valence electrons. The highest BCUT2D eigenvalue weighted by Crippen LogP contribution is 2.29. The monoisotopic (exact) mass is 353 g/mol. The third-order valence-corrected chi connectivity index (χ3v) is 4.11. The van der Waals surface area contributed by atoms with E-state index in [-0.39, 0.29) is 31.3 Å². The van der Waals surface area contributed by atoms with E-state index in [1.165, 1.54) is 28.9 Å². The van der Waals surface area contributed by atoms with Crippen molar-refractivity contribution in [2.75, 3.05) is 42.6 Å². The summed E-state index contributed by atoms with van der Waals surface area (Å²) in [5, 5.41) is 12.5. The van der Waals surface area contributed by atoms with Crippen LogP contribution in [0, 0.1) is 5.82 Å². The Morgan fingerprint density at radius 2 is 2.28 bits per heavy atom. The summed E-state index contributed by atoms with van der Waals surface area (Å²) in [5.41, 5.74) is 0.612. The molecule has 25 heavy (non-hydrogen) atoms. The number of anilines is 2. The molecule has 3 rings (SSSR count). The molecular weight excluding hydrogens is 333 g/mol. The number of aliphatic hydroxyl groups is 1. The van der Waals surface area contributed by atoms with E-state index in [0.717, 1.165) is 0 Å². The Morgan fingerprint density at radius 1 is 1.48 bits per heavy atom. The molecule has 0 aromatic heterocycles. The Kier molecular flexibility index (Phi) is 5.05. The van der Waals surface area contributed by atoms with Gasteiger partial charge in [-0.2, -0.15) is 0 Å². The molecule has 2 aliphatic heterocycles. The van der Waals surface area contributed by atoms with Crippen molar-refractivity contribution in [3.8, 4) is 0 Å². The number of morpholine rings is 1. The van der Waals surface area contributed by atoms with Crippen LogP contribution in [0.25, 0.3) is 0 Å². The van der Waals surface area contributed by atoms with E-state index in [4.69, 9.17) is 9.47 Å². The van der Waals surface area contributed by atoms with Crippen LogP contribution in [0.2, 0.25) is 0 Å². The SMILES string of the molecule is CC(=O)NC[C@H]1CN(c2ccc(N3CCOCC3O)c(F)c2)C(=O)O1. The fraction of sp³-hybridized carbons (Fsp3) is 0.500. The van der Waals surface area contributed by atoms with E-state index in [1.54, 1.807) is 6.07 Å². The van der Waals surface area contributed by atoms with Crippen molar-refractivity contribution in [2.24, 2.45) is 0 Å². The fourth-order valence-corrected chi connectivity index (χ4v) is 2.86. The Bertz CT molecular complexity index is 671. The maximum atomic E-state index is 14.5. The molecule has 0 saturated carbocycles. The minimum absolute atomic E-state index is 0.116. The normalized spacial score (nSPS) is 23.6. The van der Waals surface area contributed by atoms with Crippen molar-refractivity contribution in [2.45, 2.75) is 19.3 Å². The van der Waals surface area contributed by atoms with Gasteiger partial charge in [-0.05, 0) is 18.2 Å². The molecule has 2 saturated heterocycles. The number of cyclic esters (lactones) is 1. The Hall–Kier alpha value is -2.39. The number of amides is 2. The Morgan fingerprint density at radius 3 is 2.96 bits per heavy atom. The number of rotatable bonds is 4. The number of benzene rings is 1. The van der Waals surface area contributed by atoms with Gasteiger partial charge in [-0.25, -0.2) is 9.18 Å². The van der Waals surface area contributed by atoms with Crippen LogP contribution in [0.1, 0.15) is 6.92 Å². The highest BCUT2D eigenvalue weighted by molar-refractivity contribution is 5.90. The zero-order chi connectivity index (χ0) is 18.0. The van der Waals surface area contributed by atoms with Crippen molar-refractivity contribution in [1.82, 2.24) is 5.32 Å². The van der Waals surface area contributed by atoms with Crippen LogP contribution in [-0.2, 0) is 14.3 Å². The van der Waals surface area contributed by atoms with Crippen LogP contribution < -0.4 is 15.1 Å². The number of carbonyl (C=O) groups is 2. The summed E-state index contributed by atoms with van der Waals surface area (Å²) in [6, 6.07) is 4.36. The standard InChI is InChI=1S/C16H20FN3O5/c1-10(21)18-7-12-8-20(16(23)25-12)11-2-3-14(13(17)6-11)19-4-5-24-9-15(19)22/h2-3,6,12,15,22H,4-5,7-9H2,1H3,(H,18,21)/t12-,15?/m0/s1. The molecule has 1 aromatic carbocycles. The maximum absolute atomic E-state index is 14.5. The van der Waals surface area contributed by atoms with E-state index < -0.39 is 24.2 Å². The second-order valence-electron chi connectivity index (χ2n) is 5.94. The van der Waals surface area contributed by atoms with Crippen molar-refractivity contribution < 1.29 is 28.6 Å². The summed E-state index contributed by atoms with van der Waals surface area (Å²) in [7, 11) is 0. The number of aliphatic hydroxyl groups excluding tert-OH is 1. The average Bonchev–Trinajstić information content (AvgIpc) is 2.95. The Balaban J connectivity index is 1.72. The third kappa shape index (κ3) is 3.83. The zero-order valence-corrected chi connectivity index (χ0v) is 13.8. The lowest BCUT2D eigenvalue weighted by Gasteiger charge is -2.34. The molecule has 9 heteroatoms. The first-order valence-corrected chi connectivity index (χ1v) is 8.00. The molecule has 2 atom stereocenters. The molecule has 1 unspecified atom stereocenters. The number of hydrogen-bond acceptors (Lipinski definition) is 6. The largest absolute Gasteiger partial charge is 0.442 e. The summed E-state index contributed by atoms with van der Waals surface area (Å²) in [4.78, 5) is 25.8. The van der Waals surface area contributed by atoms with E-state index in [2.05, 4.69) is 5.32 Å². The van der Waals surface area contributed by atoms with Gasteiger partial charge in [0.05, 0.1) is 37.7 Å². The summed E-state index contributed by atoms with van der Waals surface area (Å²) >= 11 is 0. The van der Waals surface area contributed by atoms with E-state index in [1.807, 2.05) is 0 Å². The van der Waals surface area contributed by atoms with Gasteiger partial charge in [0, 0.05) is 13.5 Å². The van der Waals surface area contributed by atoms with Crippen molar-refractivity contribution in [3.05, 3.63) is 24.0 Å². The molecule has 2 amide bonds. The van der Waals surface area contributed by atoms with Crippen molar-refractivity contribution in [3.63, 3.8) is 0 Å². The van der Waals surface area contributed by atoms with Crippen LogP contribution in [0.15, 0.2) is 18.2 Å². The van der Waals surface area contributed by atoms with Crippen LogP contribution in [0.3, 0.4) is 0 Å². The smallest absolute Gasteiger partial charge is 0.414 e. The summed E-state index contributed by atoms with van der Waals surface area (Å²) < 4.78 is 24.8. The van der Waals surface area contributed by atoms with Gasteiger partial charge in [0.25, 0.3) is 0 Å². The third-order valence-electron chi connectivity index (χ3n) is 4.11. The summed E-state index contributed by atoms with van der Waals surface area (Å²) in [6.45, 7) is 2.70. The van der Waals surface area contributed by atoms with Gasteiger partial charge in [-0.1, -0.05) is 0 Å². The molecule has 8 nitrogen and oxygen atoms in total. The van der Waals surface area contributed by atoms with Crippen LogP contribution in [-0.4, -0.2) is 62.3 Å². The quantitative estimate of drug-likeness (QED) is 0.816. The van der Waals surface area contributed by atoms with Gasteiger partial charge in [0.2, 0.25) is 5.91 Å². The zero-order valence-electron chi connectivity index (χ0n) is 13.8. The number of nitrogens with one attached hydrogen (secondary N) is 1. The minimum Gasteiger partial charge on any atom is -0.442 e. The predicted molar refractivity (Wildman–Crippen MR) is 86.9 cm³/mol. The topological polar surface area (TPSA) is 91.3 Å². The van der Waals surface area contributed by atoms with E-state index in [0.29, 0.717) is 18.8 Å². The second kappa shape index (κ2) is 7.24. The molecule has 0 bridgehead atoms. The van der Waals surface area contributed by atoms with Crippen LogP contribution >= 0.6 is 0 Å². The molecule has 2 heterocycles. The van der Waals surface area contributed by atoms with Crippen LogP contribution in [0.5, 0.6) is 0 Å². The molecule has 0 radical (unpaired) electrons. The molecule has 0 spiro atoms. The molecule has 2 aliphatic rings. The van der Waals surface area contributed by atoms with E-state index >= 15 is 0 Å². The fourth-order valence-electron chi connectivity index (χ4n) is 2.86. The molecule has 2 fully saturated rings. The molecule has 1 aromatic rings. The Labute approximate surface area is 144 Å². The molecule has 0 aliphatic carbocycles. The number of hydrogen-bond donors (Lipinski definition) is 2. The van der Waals surface area contributed by atoms with Gasteiger partial charge in [0.15, 0.2) is 6.23 Å². The first-order chi connectivity index (χ1) is 12.0. The maximum Gasteiger partial charge on any atom is 0.414 e. The van der Waals surface area contributed by atoms with Gasteiger partial charge >= 0.3 is 6.09 Å². The first kappa shape index (κ1) is 17.4. The van der Waals surface area contributed by atoms with Gasteiger partial charge in [-0.15, -0.1) is 0 Å². The van der Waals surface area contributed by atoms with Gasteiger partial charge in [0.1, 0.15) is 11.9 Å². The van der Waals surface area contributed by atoms with Gasteiger partial charge < -0.3 is 24.8 Å². The number of halogens is 1. The lowest BCUT2D eigenvalue weighted by Crippen LogP contribution is -2.45. The van der Waals surface area contributed by atoms with E-state index in [9.17, 15) is 19.1 Å². The predicted octanol–water partition coefficient (Wildman–Crippen LogP) is 0.442. The van der Waals surface area contributed by atoms with Gasteiger partial charge in [-0.3, -0.25) is 9.69 Å². The first-order valence-electron chi connectivity index (χ1n) is 8.00.